The second-order valence-corrected chi connectivity index (χ2v) is 37.0. The van der Waals surface area contributed by atoms with Crippen molar-refractivity contribution in [1.82, 2.24) is 29.9 Å². The molecule has 26 rings (SSSR count). The maximum absolute atomic E-state index is 14.3. The molecule has 2 aliphatic heterocycles. The summed E-state index contributed by atoms with van der Waals surface area (Å²) >= 11 is 0. The molecule has 10 nitrogen and oxygen atoms in total. The van der Waals surface area contributed by atoms with Gasteiger partial charge < -0.3 is 0 Å². The van der Waals surface area contributed by atoms with E-state index >= 15 is 0 Å². The van der Waals surface area contributed by atoms with Gasteiger partial charge in [0, 0.05) is 55.6 Å². The zero-order chi connectivity index (χ0) is 85.1. The smallest absolute Gasteiger partial charge is 0.207 e. The van der Waals surface area contributed by atoms with Crippen molar-refractivity contribution >= 4 is 19.7 Å². The van der Waals surface area contributed by atoms with Gasteiger partial charge in [0.1, 0.15) is 0 Å². The zero-order valence-electron chi connectivity index (χ0n) is 68.5. The van der Waals surface area contributed by atoms with Crippen LogP contribution >= 0.6 is 0 Å². The van der Waals surface area contributed by atoms with Crippen molar-refractivity contribution in [2.75, 3.05) is 0 Å². The van der Waals surface area contributed by atoms with Crippen LogP contribution in [-0.2, 0) is 30.5 Å². The molecule has 0 amide bonds. The van der Waals surface area contributed by atoms with E-state index in [1.54, 1.807) is 12.1 Å². The van der Waals surface area contributed by atoms with E-state index < -0.39 is 30.5 Å². The molecule has 2 aromatic heterocycles. The molecule has 20 aromatic rings. The molecule has 0 N–H and O–H groups in total. The van der Waals surface area contributed by atoms with Crippen LogP contribution in [0.4, 0.5) is 0 Å². The lowest BCUT2D eigenvalue weighted by Gasteiger charge is -2.35. The van der Waals surface area contributed by atoms with Crippen molar-refractivity contribution in [3.63, 3.8) is 0 Å². The van der Waals surface area contributed by atoms with E-state index in [2.05, 4.69) is 267 Å². The summed E-state index contributed by atoms with van der Waals surface area (Å²) < 4.78 is 57.1. The van der Waals surface area contributed by atoms with Crippen LogP contribution in [0.3, 0.4) is 0 Å². The number of fused-ring (bicyclic) bond motifs is 32. The minimum atomic E-state index is -3.74. The number of hydrogen-bond donors (Lipinski definition) is 0. The van der Waals surface area contributed by atoms with Gasteiger partial charge in [-0.05, 0) is 176 Å². The largest absolute Gasteiger partial charge is 0.218 e. The summed E-state index contributed by atoms with van der Waals surface area (Å²) in [6.07, 6.45) is 0. The SMILES string of the molecule is O=S1(=O)c2ccccc2-c2c1ccc1c2-c2ccccc2C12c1ccccc1-c1ccccc1-c1ccc(-c3nc(-c4ccccc4)nc(-c4ccc(-c5ccccc5)cc4)n3)cc12.O=S1(=O)c2ccccc2-c2c1ccc1c2-c2ccccc2C12c1ccccc1-c1ccccc1-c1ccc(-c3nc(-c4ccccc4)nc(-c4cccc(-c5ccccc5)c4)n3)cc12. The number of sulfone groups is 2. The van der Waals surface area contributed by atoms with Gasteiger partial charge in [0.15, 0.2) is 34.9 Å². The van der Waals surface area contributed by atoms with Gasteiger partial charge in [-0.2, -0.15) is 0 Å². The highest BCUT2D eigenvalue weighted by molar-refractivity contribution is 7.92. The molecule has 4 aliphatic carbocycles. The fourth-order valence-corrected chi connectivity index (χ4v) is 24.6. The van der Waals surface area contributed by atoms with Crippen molar-refractivity contribution < 1.29 is 16.8 Å². The van der Waals surface area contributed by atoms with Crippen molar-refractivity contribution in [3.8, 4) is 180 Å². The van der Waals surface area contributed by atoms with Gasteiger partial charge in [-0.3, -0.25) is 0 Å². The van der Waals surface area contributed by atoms with Crippen molar-refractivity contribution in [2.24, 2.45) is 0 Å². The van der Waals surface area contributed by atoms with Crippen LogP contribution < -0.4 is 0 Å². The molecule has 0 fully saturated rings. The predicted octanol–water partition coefficient (Wildman–Crippen LogP) is 26.7. The highest BCUT2D eigenvalue weighted by Crippen LogP contribution is 2.68. The molecule has 0 bridgehead atoms. The van der Waals surface area contributed by atoms with E-state index in [0.717, 1.165) is 189 Å². The fourth-order valence-electron chi connectivity index (χ4n) is 21.2. The number of aromatic nitrogens is 6. The third-order valence-electron chi connectivity index (χ3n) is 26.7. The molecule has 0 saturated heterocycles. The van der Waals surface area contributed by atoms with Crippen LogP contribution in [0.25, 0.3) is 180 Å². The van der Waals surface area contributed by atoms with Gasteiger partial charge in [0.25, 0.3) is 0 Å². The lowest BCUT2D eigenvalue weighted by molar-refractivity contribution is 0.597. The summed E-state index contributed by atoms with van der Waals surface area (Å²) in [7, 11) is -7.48. The summed E-state index contributed by atoms with van der Waals surface area (Å²) in [5.41, 5.74) is 32.5. The van der Waals surface area contributed by atoms with Gasteiger partial charge in [0.2, 0.25) is 19.7 Å². The lowest BCUT2D eigenvalue weighted by Crippen LogP contribution is -2.29. The molecule has 18 aromatic carbocycles. The van der Waals surface area contributed by atoms with Crippen molar-refractivity contribution in [3.05, 3.63) is 469 Å². The quantitative estimate of drug-likeness (QED) is 0.144. The first-order chi connectivity index (χ1) is 63.0. The highest BCUT2D eigenvalue weighted by atomic mass is 32.2. The standard InChI is InChI=1S/2C58H35N3O2S/c62-64(63)51-29-14-11-26-46(51)54-52(64)33-32-49-53(54)45-25-10-13-28-48(45)58(49)47-27-12-9-24-43(47)41-22-7-8-23-42(41)44-31-30-40(35-50(44)58)57-60-55(37-18-5-2-6-19-37)59-56(61-57)39-21-15-20-38(34-39)36-16-3-1-4-17-36;62-64(63)51-26-14-11-23-46(51)54-52(64)34-33-49-53(54)45-22-10-13-25-48(45)58(49)47-24-12-9-21-43(47)41-19-7-8-20-42(41)44-32-31-40(35-50(44)58)57-60-55(38-17-5-2-6-18-38)59-56(61-57)39-29-27-37(28-30-39)36-15-3-1-4-16-36/h2*1-35H. The Kier molecular flexibility index (Phi) is 16.7. The third kappa shape index (κ3) is 11.0. The number of hydrogen-bond acceptors (Lipinski definition) is 10. The average molecular weight is 1680 g/mol. The molecular weight excluding hydrogens is 1610 g/mol. The molecule has 0 saturated carbocycles. The summed E-state index contributed by atoms with van der Waals surface area (Å²) in [6, 6.07) is 145. The predicted molar refractivity (Wildman–Crippen MR) is 508 cm³/mol. The molecule has 2 unspecified atom stereocenters. The molecule has 6 aliphatic rings. The average Bonchev–Trinajstić information content (AvgIpc) is 1.51. The molecule has 2 spiro atoms. The Hall–Kier alpha value is -16.1. The summed E-state index contributed by atoms with van der Waals surface area (Å²) in [5.74, 6) is 3.43. The molecule has 2 atom stereocenters. The Bertz CT molecular complexity index is 8360. The molecule has 128 heavy (non-hydrogen) atoms. The Morgan fingerprint density at radius 1 is 0.148 bits per heavy atom. The van der Waals surface area contributed by atoms with E-state index in [4.69, 9.17) is 29.9 Å². The lowest BCUT2D eigenvalue weighted by atomic mass is 9.65. The molecule has 0 radical (unpaired) electrons. The number of benzene rings is 18. The first-order valence-corrected chi connectivity index (χ1v) is 45.8. The van der Waals surface area contributed by atoms with Gasteiger partial charge in [-0.25, -0.2) is 46.7 Å². The maximum atomic E-state index is 14.3. The van der Waals surface area contributed by atoms with E-state index in [-0.39, 0.29) is 0 Å². The van der Waals surface area contributed by atoms with Crippen LogP contribution in [0, 0.1) is 0 Å². The Balaban J connectivity index is 0.000000139. The Morgan fingerprint density at radius 3 is 0.789 bits per heavy atom. The molecule has 12 heteroatoms. The van der Waals surface area contributed by atoms with E-state index in [1.807, 2.05) is 146 Å². The minimum Gasteiger partial charge on any atom is -0.218 e. The summed E-state index contributed by atoms with van der Waals surface area (Å²) in [5, 5.41) is 0. The topological polar surface area (TPSA) is 146 Å². The van der Waals surface area contributed by atoms with Gasteiger partial charge in [-0.1, -0.05) is 382 Å². The van der Waals surface area contributed by atoms with E-state index in [0.29, 0.717) is 54.5 Å². The van der Waals surface area contributed by atoms with Crippen LogP contribution in [-0.4, -0.2) is 46.7 Å². The highest BCUT2D eigenvalue weighted by Gasteiger charge is 2.55. The fraction of sp³-hybridized carbons (Fsp3) is 0.0172. The van der Waals surface area contributed by atoms with Crippen LogP contribution in [0.1, 0.15) is 44.5 Å². The van der Waals surface area contributed by atoms with E-state index in [1.165, 1.54) is 0 Å². The summed E-state index contributed by atoms with van der Waals surface area (Å²) in [4.78, 5) is 32.6. The second-order valence-electron chi connectivity index (χ2n) is 33.3. The van der Waals surface area contributed by atoms with Crippen LogP contribution in [0.15, 0.2) is 444 Å². The van der Waals surface area contributed by atoms with Gasteiger partial charge in [-0.15, -0.1) is 0 Å². The molecule has 4 heterocycles. The zero-order valence-corrected chi connectivity index (χ0v) is 70.2. The maximum Gasteiger partial charge on any atom is 0.207 e. The van der Waals surface area contributed by atoms with E-state index in [9.17, 15) is 16.8 Å². The van der Waals surface area contributed by atoms with Crippen LogP contribution in [0.2, 0.25) is 0 Å². The number of rotatable bonds is 8. The first kappa shape index (κ1) is 74.5. The van der Waals surface area contributed by atoms with Crippen molar-refractivity contribution in [2.45, 2.75) is 30.4 Å². The Morgan fingerprint density at radius 2 is 0.398 bits per heavy atom. The third-order valence-corrected chi connectivity index (χ3v) is 30.4. The minimum absolute atomic E-state index is 0.348. The normalized spacial score (nSPS) is 15.5. The molecular formula is C116H70N6O4S2. The monoisotopic (exact) mass is 1670 g/mol. The second kappa shape index (κ2) is 28.7. The van der Waals surface area contributed by atoms with Gasteiger partial charge in [0.05, 0.1) is 30.4 Å². The molecule has 600 valence electrons. The van der Waals surface area contributed by atoms with Crippen molar-refractivity contribution in [1.29, 1.82) is 0 Å². The van der Waals surface area contributed by atoms with Crippen LogP contribution in [0.5, 0.6) is 0 Å². The Labute approximate surface area is 740 Å². The first-order valence-electron chi connectivity index (χ1n) is 42.9. The number of nitrogens with zero attached hydrogens (tertiary/aromatic N) is 6. The van der Waals surface area contributed by atoms with Gasteiger partial charge >= 0.3 is 0 Å². The summed E-state index contributed by atoms with van der Waals surface area (Å²) in [6.45, 7) is 0.